The van der Waals surface area contributed by atoms with Crippen molar-refractivity contribution in [2.75, 3.05) is 26.5 Å². The number of hydrogen-bond acceptors (Lipinski definition) is 4. The first kappa shape index (κ1) is 20.5. The number of amides is 1. The Bertz CT molecular complexity index is 930. The minimum absolute atomic E-state index is 0.00378. The van der Waals surface area contributed by atoms with Crippen LogP contribution in [0.25, 0.3) is 0 Å². The molecule has 140 valence electrons. The molecule has 0 bridgehead atoms. The van der Waals surface area contributed by atoms with Gasteiger partial charge in [0.15, 0.2) is 0 Å². The van der Waals surface area contributed by atoms with Crippen LogP contribution in [-0.4, -0.2) is 39.8 Å². The number of sulfonamides is 1. The Morgan fingerprint density at radius 3 is 2.42 bits per heavy atom. The molecule has 0 fully saturated rings. The molecule has 1 amide bonds. The maximum atomic E-state index is 12.4. The van der Waals surface area contributed by atoms with Crippen LogP contribution < -0.4 is 10.1 Å². The van der Waals surface area contributed by atoms with Crippen LogP contribution >= 0.6 is 23.2 Å². The van der Waals surface area contributed by atoms with Crippen molar-refractivity contribution in [1.29, 1.82) is 0 Å². The predicted octanol–water partition coefficient (Wildman–Crippen LogP) is 3.43. The number of carbonyl (C=O) groups excluding carboxylic acids is 1. The number of benzene rings is 2. The molecular weight excluding hydrogens is 399 g/mol. The van der Waals surface area contributed by atoms with E-state index in [4.69, 9.17) is 27.9 Å². The average Bonchev–Trinajstić information content (AvgIpc) is 2.57. The smallest absolute Gasteiger partial charge is 0.242 e. The summed E-state index contributed by atoms with van der Waals surface area (Å²) < 4.78 is 30.8. The van der Waals surface area contributed by atoms with Gasteiger partial charge in [0.2, 0.25) is 15.9 Å². The number of anilines is 1. The summed E-state index contributed by atoms with van der Waals surface area (Å²) in [6.07, 6.45) is 0.00378. The van der Waals surface area contributed by atoms with E-state index in [1.165, 1.54) is 39.4 Å². The Morgan fingerprint density at radius 2 is 1.85 bits per heavy atom. The number of carbonyl (C=O) groups is 1. The number of rotatable bonds is 6. The number of hydrogen-bond donors (Lipinski definition) is 1. The number of ether oxygens (including phenoxy) is 1. The fourth-order valence-electron chi connectivity index (χ4n) is 2.19. The summed E-state index contributed by atoms with van der Waals surface area (Å²) in [7, 11) is 0.654. The summed E-state index contributed by atoms with van der Waals surface area (Å²) >= 11 is 11.9. The van der Waals surface area contributed by atoms with Crippen LogP contribution in [-0.2, 0) is 21.2 Å². The van der Waals surface area contributed by atoms with E-state index >= 15 is 0 Å². The second-order valence-electron chi connectivity index (χ2n) is 5.61. The van der Waals surface area contributed by atoms with Gasteiger partial charge in [0.25, 0.3) is 0 Å². The number of halogens is 2. The highest BCUT2D eigenvalue weighted by atomic mass is 35.5. The number of nitrogens with one attached hydrogen (secondary N) is 1. The highest BCUT2D eigenvalue weighted by Crippen LogP contribution is 2.29. The van der Waals surface area contributed by atoms with E-state index in [0.717, 1.165) is 4.31 Å². The fraction of sp³-hybridized carbons (Fsp3) is 0.235. The molecule has 0 aromatic heterocycles. The number of nitrogens with zero attached hydrogens (tertiary/aromatic N) is 1. The second kappa shape index (κ2) is 8.26. The van der Waals surface area contributed by atoms with Crippen molar-refractivity contribution in [1.82, 2.24) is 4.31 Å². The summed E-state index contributed by atoms with van der Waals surface area (Å²) in [6.45, 7) is 0. The van der Waals surface area contributed by atoms with Crippen LogP contribution in [0.3, 0.4) is 0 Å². The van der Waals surface area contributed by atoms with E-state index in [0.29, 0.717) is 21.4 Å². The van der Waals surface area contributed by atoms with Gasteiger partial charge in [-0.1, -0.05) is 29.3 Å². The molecule has 0 spiro atoms. The molecule has 0 atom stereocenters. The minimum Gasteiger partial charge on any atom is -0.495 e. The van der Waals surface area contributed by atoms with Gasteiger partial charge in [-0.2, -0.15) is 0 Å². The van der Waals surface area contributed by atoms with Gasteiger partial charge in [0.05, 0.1) is 24.1 Å². The molecule has 0 aliphatic carbocycles. The van der Waals surface area contributed by atoms with Crippen molar-refractivity contribution in [2.24, 2.45) is 0 Å². The molecule has 0 heterocycles. The molecule has 2 aromatic carbocycles. The zero-order chi connectivity index (χ0) is 19.5. The number of methoxy groups -OCH3 is 1. The topological polar surface area (TPSA) is 75.7 Å². The van der Waals surface area contributed by atoms with Gasteiger partial charge in [-0.3, -0.25) is 4.79 Å². The molecule has 2 aromatic rings. The molecule has 0 unspecified atom stereocenters. The predicted molar refractivity (Wildman–Crippen MR) is 103 cm³/mol. The maximum absolute atomic E-state index is 12.4. The van der Waals surface area contributed by atoms with Crippen LogP contribution in [0.1, 0.15) is 5.56 Å². The largest absolute Gasteiger partial charge is 0.495 e. The van der Waals surface area contributed by atoms with Gasteiger partial charge in [-0.15, -0.1) is 0 Å². The third-order valence-corrected chi connectivity index (χ3v) is 5.99. The molecule has 0 radical (unpaired) electrons. The first-order chi connectivity index (χ1) is 12.1. The lowest BCUT2D eigenvalue weighted by Gasteiger charge is -2.15. The maximum Gasteiger partial charge on any atom is 0.242 e. The van der Waals surface area contributed by atoms with E-state index < -0.39 is 10.0 Å². The van der Waals surface area contributed by atoms with Crippen molar-refractivity contribution in [2.45, 2.75) is 11.3 Å². The van der Waals surface area contributed by atoms with Crippen LogP contribution in [0, 0.1) is 0 Å². The van der Waals surface area contributed by atoms with Gasteiger partial charge in [0, 0.05) is 24.1 Å². The van der Waals surface area contributed by atoms with E-state index in [1.807, 2.05) is 0 Å². The van der Waals surface area contributed by atoms with Gasteiger partial charge in [0.1, 0.15) is 5.75 Å². The second-order valence-corrected chi connectivity index (χ2v) is 8.61. The molecule has 9 heteroatoms. The average molecular weight is 417 g/mol. The van der Waals surface area contributed by atoms with Crippen LogP contribution in [0.5, 0.6) is 5.75 Å². The molecule has 1 N–H and O–H groups in total. The van der Waals surface area contributed by atoms with Crippen LogP contribution in [0.15, 0.2) is 41.3 Å². The summed E-state index contributed by atoms with van der Waals surface area (Å²) in [5, 5.41) is 3.52. The zero-order valence-corrected chi connectivity index (χ0v) is 16.7. The van der Waals surface area contributed by atoms with Crippen molar-refractivity contribution >= 4 is 44.8 Å². The third-order valence-electron chi connectivity index (χ3n) is 3.59. The highest BCUT2D eigenvalue weighted by Gasteiger charge is 2.20. The Labute approximate surface area is 162 Å². The van der Waals surface area contributed by atoms with E-state index in [1.54, 1.807) is 18.2 Å². The molecule has 6 nitrogen and oxygen atoms in total. The summed E-state index contributed by atoms with van der Waals surface area (Å²) in [5.74, 6) is -0.0230. The van der Waals surface area contributed by atoms with Crippen LogP contribution in [0.2, 0.25) is 10.0 Å². The molecule has 0 aliphatic heterocycles. The lowest BCUT2D eigenvalue weighted by Crippen LogP contribution is -2.22. The monoisotopic (exact) mass is 416 g/mol. The van der Waals surface area contributed by atoms with Gasteiger partial charge >= 0.3 is 0 Å². The fourth-order valence-corrected chi connectivity index (χ4v) is 3.59. The SMILES string of the molecule is COc1ccc(S(=O)(=O)N(C)C)cc1NC(=O)Cc1ccc(Cl)cc1Cl. The van der Waals surface area contributed by atoms with Crippen molar-refractivity contribution in [3.8, 4) is 5.75 Å². The lowest BCUT2D eigenvalue weighted by molar-refractivity contribution is -0.115. The molecule has 0 saturated heterocycles. The summed E-state index contributed by atoms with van der Waals surface area (Å²) in [5.41, 5.74) is 0.857. The van der Waals surface area contributed by atoms with Crippen molar-refractivity contribution in [3.05, 3.63) is 52.0 Å². The Kier molecular flexibility index (Phi) is 6.52. The molecule has 2 rings (SSSR count). The minimum atomic E-state index is -3.64. The van der Waals surface area contributed by atoms with E-state index in [-0.39, 0.29) is 22.9 Å². The molecule has 26 heavy (non-hydrogen) atoms. The van der Waals surface area contributed by atoms with Crippen molar-refractivity contribution in [3.63, 3.8) is 0 Å². The Balaban J connectivity index is 2.28. The van der Waals surface area contributed by atoms with Crippen LogP contribution in [0.4, 0.5) is 5.69 Å². The quantitative estimate of drug-likeness (QED) is 0.782. The van der Waals surface area contributed by atoms with Gasteiger partial charge < -0.3 is 10.1 Å². The Hall–Kier alpha value is -1.80. The molecule has 0 aliphatic rings. The standard InChI is InChI=1S/C17H18Cl2N2O4S/c1-21(2)26(23,24)13-6-7-16(25-3)15(10-13)20-17(22)8-11-4-5-12(18)9-14(11)19/h4-7,9-10H,8H2,1-3H3,(H,20,22). The van der Waals surface area contributed by atoms with Gasteiger partial charge in [-0.05, 0) is 35.9 Å². The normalized spacial score (nSPS) is 11.5. The molecular formula is C17H18Cl2N2O4S. The van der Waals surface area contributed by atoms with E-state index in [2.05, 4.69) is 5.32 Å². The summed E-state index contributed by atoms with van der Waals surface area (Å²) in [6, 6.07) is 9.11. The Morgan fingerprint density at radius 1 is 1.15 bits per heavy atom. The van der Waals surface area contributed by atoms with Gasteiger partial charge in [-0.25, -0.2) is 12.7 Å². The highest BCUT2D eigenvalue weighted by molar-refractivity contribution is 7.89. The van der Waals surface area contributed by atoms with Crippen molar-refractivity contribution < 1.29 is 17.9 Å². The summed E-state index contributed by atoms with van der Waals surface area (Å²) in [4.78, 5) is 12.4. The first-order valence-corrected chi connectivity index (χ1v) is 9.69. The van der Waals surface area contributed by atoms with E-state index in [9.17, 15) is 13.2 Å². The third kappa shape index (κ3) is 4.67. The molecule has 0 saturated carbocycles. The lowest BCUT2D eigenvalue weighted by atomic mass is 10.1. The zero-order valence-electron chi connectivity index (χ0n) is 14.4. The first-order valence-electron chi connectivity index (χ1n) is 7.49.